The fourth-order valence-electron chi connectivity index (χ4n) is 8.58. The summed E-state index contributed by atoms with van der Waals surface area (Å²) >= 11 is 0. The molecule has 0 fully saturated rings. The number of hydrogen-bond donors (Lipinski definition) is 3. The van der Waals surface area contributed by atoms with Crippen LogP contribution in [0.25, 0.3) is 33.5 Å². The van der Waals surface area contributed by atoms with E-state index in [2.05, 4.69) is 194 Å². The molecular formula is C57H71N3. The minimum atomic E-state index is -0.546. The van der Waals surface area contributed by atoms with Crippen LogP contribution in [-0.4, -0.2) is 6.29 Å². The van der Waals surface area contributed by atoms with Gasteiger partial charge in [-0.2, -0.15) is 0 Å². The number of hydrogen-bond acceptors (Lipinski definition) is 3. The van der Waals surface area contributed by atoms with E-state index in [0.717, 1.165) is 28.9 Å². The van der Waals surface area contributed by atoms with Gasteiger partial charge in [-0.3, -0.25) is 5.73 Å². The molecule has 0 aromatic heterocycles. The van der Waals surface area contributed by atoms with Gasteiger partial charge in [-0.25, -0.2) is 0 Å². The molecule has 3 heteroatoms. The van der Waals surface area contributed by atoms with E-state index in [4.69, 9.17) is 5.73 Å². The lowest BCUT2D eigenvalue weighted by Gasteiger charge is -2.27. The molecule has 4 aromatic carbocycles. The summed E-state index contributed by atoms with van der Waals surface area (Å²) in [6, 6.07) is 29.0. The van der Waals surface area contributed by atoms with E-state index in [0.29, 0.717) is 5.92 Å². The van der Waals surface area contributed by atoms with E-state index in [9.17, 15) is 0 Å². The minimum Gasteiger partial charge on any atom is -0.353 e. The van der Waals surface area contributed by atoms with Gasteiger partial charge in [0.1, 0.15) is 6.29 Å². The van der Waals surface area contributed by atoms with Crippen molar-refractivity contribution in [2.75, 3.05) is 5.32 Å². The van der Waals surface area contributed by atoms with Gasteiger partial charge >= 0.3 is 0 Å². The van der Waals surface area contributed by atoms with Gasteiger partial charge in [0.05, 0.1) is 0 Å². The monoisotopic (exact) mass is 798 g/mol. The third-order valence-corrected chi connectivity index (χ3v) is 11.5. The lowest BCUT2D eigenvalue weighted by Crippen LogP contribution is -2.43. The van der Waals surface area contributed by atoms with Crippen molar-refractivity contribution in [3.8, 4) is 22.3 Å². The molecular weight excluding hydrogens is 727 g/mol. The summed E-state index contributed by atoms with van der Waals surface area (Å²) in [5.41, 5.74) is 23.7. The number of rotatable bonds is 12. The Morgan fingerprint density at radius 1 is 0.733 bits per heavy atom. The molecule has 0 spiro atoms. The highest BCUT2D eigenvalue weighted by Gasteiger charge is 2.37. The Bertz CT molecular complexity index is 2310. The molecule has 4 aromatic rings. The quantitative estimate of drug-likeness (QED) is 0.0988. The first-order chi connectivity index (χ1) is 28.8. The number of benzene rings is 4. The standard InChI is InChI=1S/C49H55N3.C6H10.C2H6/c1-10-14-15-21-36-31-48(6,7)43-28-34(25-26-38(36)43)33-22-18-23-35(27-33)45(13-4)51-47(50)52-46-30-44-40(29-41(46)37-24-17-16-20-32(37)5)39(19-11-2)42(12-3)49(44,8)9;1-3-5-6-4-2;1-2/h10-30,36,47,51-52H,3,31,50H2,1-2,4-9H3;3-6H,1-2H3;1-2H3/b14-10-,19-11-,21-15-,45-13-;5-3-,6-4-;. The van der Waals surface area contributed by atoms with Crippen LogP contribution >= 0.6 is 0 Å². The Balaban J connectivity index is 0.000000912. The normalized spacial score (nSPS) is 17.1. The van der Waals surface area contributed by atoms with E-state index in [1.54, 1.807) is 0 Å². The first-order valence-corrected chi connectivity index (χ1v) is 21.8. The highest BCUT2D eigenvalue weighted by Crippen LogP contribution is 2.51. The molecule has 0 aliphatic heterocycles. The third kappa shape index (κ3) is 10.6. The van der Waals surface area contributed by atoms with E-state index in [1.807, 2.05) is 58.1 Å². The van der Waals surface area contributed by atoms with Crippen molar-refractivity contribution in [2.24, 2.45) is 5.73 Å². The highest BCUT2D eigenvalue weighted by molar-refractivity contribution is 5.93. The lowest BCUT2D eigenvalue weighted by molar-refractivity contribution is 0.504. The molecule has 0 radical (unpaired) electrons. The molecule has 2 aliphatic carbocycles. The number of fused-ring (bicyclic) bond motifs is 2. The second-order valence-electron chi connectivity index (χ2n) is 16.4. The smallest absolute Gasteiger partial charge is 0.150 e. The van der Waals surface area contributed by atoms with E-state index in [-0.39, 0.29) is 10.8 Å². The number of aryl methyl sites for hydroxylation is 1. The number of nitrogens with one attached hydrogen (secondary N) is 2. The molecule has 6 rings (SSSR count). The van der Waals surface area contributed by atoms with Crippen LogP contribution in [0.5, 0.6) is 0 Å². The van der Waals surface area contributed by atoms with Crippen molar-refractivity contribution < 1.29 is 0 Å². The second-order valence-corrected chi connectivity index (χ2v) is 16.4. The number of nitrogens with two attached hydrogens (primary N) is 1. The zero-order valence-electron chi connectivity index (χ0n) is 38.6. The fraction of sp³-hybridized carbons (Fsp3) is 0.298. The maximum Gasteiger partial charge on any atom is 0.150 e. The largest absolute Gasteiger partial charge is 0.353 e. The van der Waals surface area contributed by atoms with Crippen molar-refractivity contribution in [1.82, 2.24) is 5.32 Å². The molecule has 0 bridgehead atoms. The molecule has 2 aliphatic rings. The van der Waals surface area contributed by atoms with Crippen molar-refractivity contribution in [2.45, 2.75) is 113 Å². The summed E-state index contributed by atoms with van der Waals surface area (Å²) in [6.45, 7) is 29.9. The van der Waals surface area contributed by atoms with Gasteiger partial charge < -0.3 is 10.6 Å². The van der Waals surface area contributed by atoms with E-state index in [1.165, 1.54) is 55.7 Å². The van der Waals surface area contributed by atoms with E-state index < -0.39 is 6.29 Å². The van der Waals surface area contributed by atoms with Gasteiger partial charge in [-0.05, 0) is 133 Å². The zero-order valence-corrected chi connectivity index (χ0v) is 38.6. The second kappa shape index (κ2) is 21.6. The lowest BCUT2D eigenvalue weighted by atomic mass is 9.80. The molecule has 2 atom stereocenters. The summed E-state index contributed by atoms with van der Waals surface area (Å²) < 4.78 is 0. The Hall–Kier alpha value is -5.64. The molecule has 3 nitrogen and oxygen atoms in total. The Kier molecular flexibility index (Phi) is 16.9. The van der Waals surface area contributed by atoms with Crippen LogP contribution < -0.4 is 16.4 Å². The van der Waals surface area contributed by atoms with Crippen LogP contribution in [0.3, 0.4) is 0 Å². The summed E-state index contributed by atoms with van der Waals surface area (Å²) in [5, 5.41) is 7.28. The Labute approximate surface area is 364 Å². The van der Waals surface area contributed by atoms with Crippen LogP contribution in [0, 0.1) is 6.92 Å². The maximum atomic E-state index is 6.93. The fourth-order valence-corrected chi connectivity index (χ4v) is 8.58. The highest BCUT2D eigenvalue weighted by atomic mass is 15.2. The summed E-state index contributed by atoms with van der Waals surface area (Å²) in [6.07, 6.45) is 25.7. The topological polar surface area (TPSA) is 50.1 Å². The van der Waals surface area contributed by atoms with Gasteiger partial charge in [-0.15, -0.1) is 0 Å². The van der Waals surface area contributed by atoms with Crippen molar-refractivity contribution in [1.29, 1.82) is 0 Å². The molecule has 60 heavy (non-hydrogen) atoms. The van der Waals surface area contributed by atoms with Crippen molar-refractivity contribution in [3.05, 3.63) is 197 Å². The third-order valence-electron chi connectivity index (χ3n) is 11.5. The summed E-state index contributed by atoms with van der Waals surface area (Å²) in [7, 11) is 0. The van der Waals surface area contributed by atoms with E-state index >= 15 is 0 Å². The predicted molar refractivity (Wildman–Crippen MR) is 267 cm³/mol. The Morgan fingerprint density at radius 2 is 1.40 bits per heavy atom. The summed E-state index contributed by atoms with van der Waals surface area (Å²) in [4.78, 5) is 0. The molecule has 0 heterocycles. The van der Waals surface area contributed by atoms with Crippen LogP contribution in [0.2, 0.25) is 0 Å². The van der Waals surface area contributed by atoms with Crippen LogP contribution in [-0.2, 0) is 10.8 Å². The van der Waals surface area contributed by atoms with Gasteiger partial charge in [0, 0.05) is 28.3 Å². The average molecular weight is 798 g/mol. The van der Waals surface area contributed by atoms with Crippen molar-refractivity contribution in [3.63, 3.8) is 0 Å². The molecule has 0 saturated heterocycles. The average Bonchev–Trinajstić information content (AvgIpc) is 3.63. The predicted octanol–water partition coefficient (Wildman–Crippen LogP) is 15.5. The van der Waals surface area contributed by atoms with Crippen LogP contribution in [0.1, 0.15) is 122 Å². The maximum absolute atomic E-state index is 6.93. The van der Waals surface area contributed by atoms with Crippen LogP contribution in [0.15, 0.2) is 164 Å². The molecule has 0 saturated carbocycles. The zero-order chi connectivity index (χ0) is 44.0. The molecule has 0 amide bonds. The van der Waals surface area contributed by atoms with Gasteiger partial charge in [0.2, 0.25) is 0 Å². The van der Waals surface area contributed by atoms with Gasteiger partial charge in [-0.1, -0.05) is 182 Å². The Morgan fingerprint density at radius 3 is 2.03 bits per heavy atom. The molecule has 2 unspecified atom stereocenters. The number of allylic oxidation sites excluding steroid dienone is 14. The van der Waals surface area contributed by atoms with Crippen molar-refractivity contribution >= 4 is 17.0 Å². The molecule has 4 N–H and O–H groups in total. The first-order valence-electron chi connectivity index (χ1n) is 21.8. The van der Waals surface area contributed by atoms with Gasteiger partial charge in [0.25, 0.3) is 0 Å². The molecule has 314 valence electrons. The number of anilines is 1. The van der Waals surface area contributed by atoms with Gasteiger partial charge in [0.15, 0.2) is 0 Å². The summed E-state index contributed by atoms with van der Waals surface area (Å²) in [5.74, 6) is 0.438. The first kappa shape index (κ1) is 47.0. The minimum absolute atomic E-state index is 0.115. The SMILES string of the molecule is C/C=C\C=C/C.C=CC1=C(/C=C\C)c2cc(-c3ccccc3C)c(NC(N)N/C(=C\C)c3cccc(-c4ccc5c(c4)C(C)(C)CC5/C=C\C=C/C)c3)cc2C1(C)C.CC. The van der Waals surface area contributed by atoms with Crippen LogP contribution in [0.4, 0.5) is 5.69 Å².